The van der Waals surface area contributed by atoms with Crippen LogP contribution in [0.2, 0.25) is 0 Å². The maximum absolute atomic E-state index is 13.2. The summed E-state index contributed by atoms with van der Waals surface area (Å²) in [6, 6.07) is 4.75. The number of carbonyl (C=O) groups is 1. The van der Waals surface area contributed by atoms with Crippen LogP contribution in [0.15, 0.2) is 36.5 Å². The van der Waals surface area contributed by atoms with E-state index >= 15 is 0 Å². The topological polar surface area (TPSA) is 117 Å². The van der Waals surface area contributed by atoms with Gasteiger partial charge >= 0.3 is 12.3 Å². The predicted octanol–water partition coefficient (Wildman–Crippen LogP) is 4.87. The lowest BCUT2D eigenvalue weighted by molar-refractivity contribution is -0.137. The molecule has 1 aliphatic heterocycles. The Morgan fingerprint density at radius 3 is 2.65 bits per heavy atom. The van der Waals surface area contributed by atoms with Crippen molar-refractivity contribution in [2.75, 3.05) is 24.1 Å². The van der Waals surface area contributed by atoms with Gasteiger partial charge in [0, 0.05) is 24.2 Å². The van der Waals surface area contributed by atoms with Crippen LogP contribution in [0, 0.1) is 6.92 Å². The molecule has 2 aromatic heterocycles. The summed E-state index contributed by atoms with van der Waals surface area (Å²) in [5.41, 5.74) is 7.46. The number of hydrogen-bond donors (Lipinski definition) is 3. The van der Waals surface area contributed by atoms with Gasteiger partial charge in [-0.3, -0.25) is 4.98 Å². The summed E-state index contributed by atoms with van der Waals surface area (Å²) >= 11 is 0. The molecule has 3 heterocycles. The number of anilines is 2. The van der Waals surface area contributed by atoms with Gasteiger partial charge in [-0.2, -0.15) is 13.2 Å². The Morgan fingerprint density at radius 2 is 2.00 bits per heavy atom. The molecule has 1 aliphatic rings. The normalized spacial score (nSPS) is 15.2. The third kappa shape index (κ3) is 4.87. The zero-order valence-electron chi connectivity index (χ0n) is 18.5. The molecular formula is C23H23F3N6O2. The average molecular weight is 472 g/mol. The van der Waals surface area contributed by atoms with Gasteiger partial charge in [-0.05, 0) is 55.7 Å². The first kappa shape index (κ1) is 23.3. The standard InChI is InChI=1S/C23H23F3N6O2/c1-12(15-7-16(23(24,25)26)9-17(27)8-15)29-21-18-10-19(28-11-20(18)30-13(2)31-21)14-3-5-32(6-4-14)22(33)34/h3,7-12H,4-6,27H2,1-2H3,(H,33,34)(H,29,30,31)/t12-/m1/s1. The Kier molecular flexibility index (Phi) is 6.03. The maximum atomic E-state index is 13.2. The van der Waals surface area contributed by atoms with Crippen molar-refractivity contribution in [3.63, 3.8) is 0 Å². The second kappa shape index (κ2) is 8.81. The van der Waals surface area contributed by atoms with E-state index in [-0.39, 0.29) is 12.2 Å². The van der Waals surface area contributed by atoms with E-state index in [2.05, 4.69) is 20.3 Å². The number of benzene rings is 1. The smallest absolute Gasteiger partial charge is 0.416 e. The molecule has 11 heteroatoms. The van der Waals surface area contributed by atoms with E-state index in [9.17, 15) is 18.0 Å². The number of amides is 1. The molecule has 1 atom stereocenters. The number of fused-ring (bicyclic) bond motifs is 1. The third-order valence-corrected chi connectivity index (χ3v) is 5.66. The molecular weight excluding hydrogens is 449 g/mol. The number of aryl methyl sites for hydroxylation is 1. The largest absolute Gasteiger partial charge is 0.465 e. The van der Waals surface area contributed by atoms with E-state index in [4.69, 9.17) is 10.8 Å². The second-order valence-corrected chi connectivity index (χ2v) is 8.17. The molecule has 0 unspecified atom stereocenters. The van der Waals surface area contributed by atoms with Gasteiger partial charge in [0.05, 0.1) is 29.0 Å². The summed E-state index contributed by atoms with van der Waals surface area (Å²) in [5.74, 6) is 0.937. The summed E-state index contributed by atoms with van der Waals surface area (Å²) in [6.07, 6.45) is -1.53. The Hall–Kier alpha value is -3.89. The fourth-order valence-electron chi connectivity index (χ4n) is 3.89. The minimum absolute atomic E-state index is 0.0216. The molecule has 1 aromatic carbocycles. The molecule has 3 aromatic rings. The van der Waals surface area contributed by atoms with Crippen LogP contribution in [0.1, 0.15) is 42.0 Å². The van der Waals surface area contributed by atoms with Crippen LogP contribution in [-0.2, 0) is 6.18 Å². The molecule has 0 fully saturated rings. The van der Waals surface area contributed by atoms with Gasteiger partial charge < -0.3 is 21.1 Å². The fraction of sp³-hybridized carbons (Fsp3) is 0.304. The minimum atomic E-state index is -4.51. The number of carboxylic acid groups (broad SMARTS) is 1. The number of aromatic nitrogens is 3. The monoisotopic (exact) mass is 472 g/mol. The molecule has 178 valence electrons. The number of nitrogens with one attached hydrogen (secondary N) is 1. The van der Waals surface area contributed by atoms with E-state index in [1.54, 1.807) is 20.0 Å². The van der Waals surface area contributed by atoms with Gasteiger partial charge in [-0.25, -0.2) is 14.8 Å². The van der Waals surface area contributed by atoms with Crippen LogP contribution in [0.5, 0.6) is 0 Å². The highest BCUT2D eigenvalue weighted by Crippen LogP contribution is 2.34. The number of halogens is 3. The van der Waals surface area contributed by atoms with Crippen molar-refractivity contribution in [2.45, 2.75) is 32.5 Å². The number of nitrogens with zero attached hydrogens (tertiary/aromatic N) is 4. The van der Waals surface area contributed by atoms with Crippen LogP contribution < -0.4 is 11.1 Å². The minimum Gasteiger partial charge on any atom is -0.465 e. The van der Waals surface area contributed by atoms with Crippen molar-refractivity contribution in [1.29, 1.82) is 0 Å². The molecule has 4 N–H and O–H groups in total. The number of alkyl halides is 3. The van der Waals surface area contributed by atoms with E-state index in [0.29, 0.717) is 46.8 Å². The van der Waals surface area contributed by atoms with Crippen LogP contribution in [0.3, 0.4) is 0 Å². The molecule has 0 saturated carbocycles. The molecule has 0 radical (unpaired) electrons. The van der Waals surface area contributed by atoms with Crippen molar-refractivity contribution in [3.05, 3.63) is 59.2 Å². The molecule has 34 heavy (non-hydrogen) atoms. The quantitative estimate of drug-likeness (QED) is 0.464. The summed E-state index contributed by atoms with van der Waals surface area (Å²) < 4.78 is 39.7. The molecule has 0 saturated heterocycles. The summed E-state index contributed by atoms with van der Waals surface area (Å²) in [7, 11) is 0. The molecule has 4 rings (SSSR count). The number of rotatable bonds is 4. The van der Waals surface area contributed by atoms with Crippen LogP contribution >= 0.6 is 0 Å². The maximum Gasteiger partial charge on any atom is 0.416 e. The number of hydrogen-bond acceptors (Lipinski definition) is 6. The number of pyridine rings is 1. The highest BCUT2D eigenvalue weighted by Gasteiger charge is 2.31. The third-order valence-electron chi connectivity index (χ3n) is 5.66. The van der Waals surface area contributed by atoms with E-state index < -0.39 is 23.9 Å². The highest BCUT2D eigenvalue weighted by molar-refractivity contribution is 5.91. The van der Waals surface area contributed by atoms with Crippen molar-refractivity contribution in [3.8, 4) is 0 Å². The van der Waals surface area contributed by atoms with Crippen molar-refractivity contribution >= 4 is 34.1 Å². The van der Waals surface area contributed by atoms with Crippen molar-refractivity contribution in [2.24, 2.45) is 0 Å². The number of nitrogens with two attached hydrogens (primary N) is 1. The van der Waals surface area contributed by atoms with Gasteiger partial charge in [0.1, 0.15) is 11.6 Å². The van der Waals surface area contributed by atoms with Crippen LogP contribution in [-0.4, -0.2) is 44.1 Å². The SMILES string of the molecule is Cc1nc(N[C@H](C)c2cc(N)cc(C(F)(F)F)c2)c2cc(C3=CCN(C(=O)O)CC3)ncc2n1. The Bertz CT molecular complexity index is 1290. The van der Waals surface area contributed by atoms with E-state index in [1.807, 2.05) is 12.1 Å². The first-order valence-electron chi connectivity index (χ1n) is 10.6. The lowest BCUT2D eigenvalue weighted by Gasteiger charge is -2.23. The van der Waals surface area contributed by atoms with E-state index in [1.165, 1.54) is 11.0 Å². The van der Waals surface area contributed by atoms with Crippen LogP contribution in [0.4, 0.5) is 29.5 Å². The van der Waals surface area contributed by atoms with E-state index in [0.717, 1.165) is 17.7 Å². The molecule has 0 aliphatic carbocycles. The summed E-state index contributed by atoms with van der Waals surface area (Å²) in [5, 5.41) is 13.0. The van der Waals surface area contributed by atoms with Crippen molar-refractivity contribution in [1.82, 2.24) is 19.9 Å². The Balaban J connectivity index is 1.68. The molecule has 0 spiro atoms. The number of nitrogen functional groups attached to an aromatic ring is 1. The highest BCUT2D eigenvalue weighted by atomic mass is 19.4. The van der Waals surface area contributed by atoms with Gasteiger partial charge in [-0.15, -0.1) is 0 Å². The summed E-state index contributed by atoms with van der Waals surface area (Å²) in [6.45, 7) is 4.08. The molecule has 0 bridgehead atoms. The first-order chi connectivity index (χ1) is 16.0. The summed E-state index contributed by atoms with van der Waals surface area (Å²) in [4.78, 5) is 25.8. The van der Waals surface area contributed by atoms with Crippen molar-refractivity contribution < 1.29 is 23.1 Å². The van der Waals surface area contributed by atoms with Gasteiger partial charge in [-0.1, -0.05) is 6.08 Å². The lowest BCUT2D eigenvalue weighted by Crippen LogP contribution is -2.33. The lowest BCUT2D eigenvalue weighted by atomic mass is 10.0. The fourth-order valence-corrected chi connectivity index (χ4v) is 3.89. The Morgan fingerprint density at radius 1 is 1.24 bits per heavy atom. The zero-order chi connectivity index (χ0) is 24.6. The van der Waals surface area contributed by atoms with Gasteiger partial charge in [0.15, 0.2) is 0 Å². The van der Waals surface area contributed by atoms with Gasteiger partial charge in [0.25, 0.3) is 0 Å². The van der Waals surface area contributed by atoms with Gasteiger partial charge in [0.2, 0.25) is 0 Å². The first-order valence-corrected chi connectivity index (χ1v) is 10.6. The van der Waals surface area contributed by atoms with Crippen LogP contribution in [0.25, 0.3) is 16.5 Å². The molecule has 1 amide bonds. The average Bonchev–Trinajstić information content (AvgIpc) is 2.77. The predicted molar refractivity (Wildman–Crippen MR) is 122 cm³/mol. The second-order valence-electron chi connectivity index (χ2n) is 8.17. The molecule has 8 nitrogen and oxygen atoms in total. The zero-order valence-corrected chi connectivity index (χ0v) is 18.5. The Labute approximate surface area is 193 Å².